The molecule has 0 aliphatic rings. The van der Waals surface area contributed by atoms with Crippen molar-refractivity contribution < 1.29 is 9.13 Å². The molecule has 1 rings (SSSR count). The van der Waals surface area contributed by atoms with E-state index in [0.29, 0.717) is 6.04 Å². The van der Waals surface area contributed by atoms with E-state index in [1.807, 2.05) is 12.1 Å². The highest BCUT2D eigenvalue weighted by molar-refractivity contribution is 5.18. The molecule has 0 spiro atoms. The smallest absolute Gasteiger partial charge is 0.126 e. The van der Waals surface area contributed by atoms with Crippen LogP contribution in [0.4, 0.5) is 4.39 Å². The molecule has 3 heteroatoms. The molecule has 1 unspecified atom stereocenters. The molecule has 1 atom stereocenters. The molecule has 0 aliphatic heterocycles. The normalized spacial score (nSPS) is 12.6. The molecule has 0 saturated heterocycles. The van der Waals surface area contributed by atoms with Crippen molar-refractivity contribution in [1.29, 1.82) is 0 Å². The number of halogens is 1. The van der Waals surface area contributed by atoms with Crippen LogP contribution in [0, 0.1) is 5.82 Å². The molecule has 0 bridgehead atoms. The van der Waals surface area contributed by atoms with Crippen molar-refractivity contribution in [2.75, 3.05) is 20.3 Å². The lowest BCUT2D eigenvalue weighted by atomic mass is 10.1. The van der Waals surface area contributed by atoms with Gasteiger partial charge in [-0.1, -0.05) is 18.2 Å². The number of unbranched alkanes of at least 4 members (excludes halogenated alkanes) is 2. The van der Waals surface area contributed by atoms with Gasteiger partial charge in [-0.15, -0.1) is 0 Å². The van der Waals surface area contributed by atoms with Crippen LogP contribution in [0.2, 0.25) is 0 Å². The summed E-state index contributed by atoms with van der Waals surface area (Å²) in [4.78, 5) is 0. The van der Waals surface area contributed by atoms with Gasteiger partial charge in [0.05, 0.1) is 0 Å². The lowest BCUT2D eigenvalue weighted by molar-refractivity contribution is 0.192. The van der Waals surface area contributed by atoms with Crippen molar-refractivity contribution >= 4 is 0 Å². The highest BCUT2D eigenvalue weighted by Gasteiger charge is 2.06. The van der Waals surface area contributed by atoms with Crippen LogP contribution in [0.1, 0.15) is 31.7 Å². The first-order chi connectivity index (χ1) is 8.74. The number of methoxy groups -OCH3 is 1. The van der Waals surface area contributed by atoms with Crippen LogP contribution in [-0.2, 0) is 11.2 Å². The van der Waals surface area contributed by atoms with Crippen molar-refractivity contribution in [2.45, 2.75) is 38.6 Å². The largest absolute Gasteiger partial charge is 0.385 e. The molecule has 0 amide bonds. The summed E-state index contributed by atoms with van der Waals surface area (Å²) in [7, 11) is 1.73. The van der Waals surface area contributed by atoms with Gasteiger partial charge < -0.3 is 10.1 Å². The third kappa shape index (κ3) is 6.12. The highest BCUT2D eigenvalue weighted by Crippen LogP contribution is 2.09. The molecule has 0 aliphatic carbocycles. The van der Waals surface area contributed by atoms with Gasteiger partial charge in [0.2, 0.25) is 0 Å². The number of nitrogens with one attached hydrogen (secondary N) is 1. The van der Waals surface area contributed by atoms with Gasteiger partial charge in [0.25, 0.3) is 0 Å². The van der Waals surface area contributed by atoms with E-state index >= 15 is 0 Å². The lowest BCUT2D eigenvalue weighted by Crippen LogP contribution is -2.29. The van der Waals surface area contributed by atoms with Crippen molar-refractivity contribution in [2.24, 2.45) is 0 Å². The highest BCUT2D eigenvalue weighted by atomic mass is 19.1. The monoisotopic (exact) mass is 253 g/mol. The van der Waals surface area contributed by atoms with E-state index < -0.39 is 0 Å². The Balaban J connectivity index is 2.14. The molecule has 0 fully saturated rings. The van der Waals surface area contributed by atoms with E-state index in [1.165, 1.54) is 12.5 Å². The number of ether oxygens (including phenoxy) is 1. The molecular weight excluding hydrogens is 229 g/mol. The van der Waals surface area contributed by atoms with Gasteiger partial charge in [-0.25, -0.2) is 4.39 Å². The maximum absolute atomic E-state index is 13.4. The SMILES string of the molecule is COCCCCCNC(C)Cc1ccccc1F. The Kier molecular flexibility index (Phi) is 7.62. The van der Waals surface area contributed by atoms with Crippen LogP contribution in [0.25, 0.3) is 0 Å². The Morgan fingerprint density at radius 2 is 2.00 bits per heavy atom. The Hall–Kier alpha value is -0.930. The number of hydrogen-bond donors (Lipinski definition) is 1. The van der Waals surface area contributed by atoms with E-state index in [4.69, 9.17) is 4.74 Å². The van der Waals surface area contributed by atoms with E-state index in [0.717, 1.165) is 38.0 Å². The molecule has 2 nitrogen and oxygen atoms in total. The van der Waals surface area contributed by atoms with Gasteiger partial charge in [-0.2, -0.15) is 0 Å². The number of rotatable bonds is 9. The Morgan fingerprint density at radius 3 is 2.72 bits per heavy atom. The number of benzene rings is 1. The zero-order chi connectivity index (χ0) is 13.2. The molecule has 18 heavy (non-hydrogen) atoms. The minimum atomic E-state index is -0.105. The van der Waals surface area contributed by atoms with Gasteiger partial charge in [0, 0.05) is 19.8 Å². The summed E-state index contributed by atoms with van der Waals surface area (Å²) in [5, 5.41) is 3.43. The predicted molar refractivity (Wildman–Crippen MR) is 73.3 cm³/mol. The van der Waals surface area contributed by atoms with Gasteiger partial charge in [0.15, 0.2) is 0 Å². The fraction of sp³-hybridized carbons (Fsp3) is 0.600. The van der Waals surface area contributed by atoms with E-state index in [-0.39, 0.29) is 5.82 Å². The molecule has 0 heterocycles. The van der Waals surface area contributed by atoms with Crippen molar-refractivity contribution in [3.63, 3.8) is 0 Å². The first-order valence-corrected chi connectivity index (χ1v) is 6.69. The van der Waals surface area contributed by atoms with Crippen LogP contribution in [0.15, 0.2) is 24.3 Å². The third-order valence-electron chi connectivity index (χ3n) is 3.00. The summed E-state index contributed by atoms with van der Waals surface area (Å²) in [5.41, 5.74) is 0.789. The van der Waals surface area contributed by atoms with E-state index in [1.54, 1.807) is 13.2 Å². The zero-order valence-electron chi connectivity index (χ0n) is 11.4. The summed E-state index contributed by atoms with van der Waals surface area (Å²) in [6.07, 6.45) is 4.17. The average molecular weight is 253 g/mol. The molecular formula is C15H24FNO. The summed E-state index contributed by atoms with van der Waals surface area (Å²) in [5.74, 6) is -0.105. The minimum absolute atomic E-state index is 0.105. The standard InChI is InChI=1S/C15H24FNO/c1-13(17-10-6-3-7-11-18-2)12-14-8-4-5-9-15(14)16/h4-5,8-9,13,17H,3,6-7,10-12H2,1-2H3. The van der Waals surface area contributed by atoms with Gasteiger partial charge in [-0.3, -0.25) is 0 Å². The molecule has 0 aromatic heterocycles. The quantitative estimate of drug-likeness (QED) is 0.683. The fourth-order valence-corrected chi connectivity index (χ4v) is 1.96. The van der Waals surface area contributed by atoms with Crippen LogP contribution in [0.3, 0.4) is 0 Å². The summed E-state index contributed by atoms with van der Waals surface area (Å²) < 4.78 is 18.4. The summed E-state index contributed by atoms with van der Waals surface area (Å²) in [6.45, 7) is 3.92. The van der Waals surface area contributed by atoms with Crippen molar-refractivity contribution in [3.8, 4) is 0 Å². The van der Waals surface area contributed by atoms with Crippen LogP contribution in [-0.4, -0.2) is 26.3 Å². The van der Waals surface area contributed by atoms with Gasteiger partial charge in [-0.05, 0) is 50.8 Å². The molecule has 0 saturated carbocycles. The van der Waals surface area contributed by atoms with Crippen LogP contribution >= 0.6 is 0 Å². The second-order valence-electron chi connectivity index (χ2n) is 4.70. The lowest BCUT2D eigenvalue weighted by Gasteiger charge is -2.14. The van der Waals surface area contributed by atoms with Crippen LogP contribution in [0.5, 0.6) is 0 Å². The van der Waals surface area contributed by atoms with E-state index in [9.17, 15) is 4.39 Å². The Bertz CT molecular complexity index is 330. The van der Waals surface area contributed by atoms with Crippen molar-refractivity contribution in [1.82, 2.24) is 5.32 Å². The molecule has 1 N–H and O–H groups in total. The minimum Gasteiger partial charge on any atom is -0.385 e. The molecule has 1 aromatic carbocycles. The molecule has 0 radical (unpaired) electrons. The fourth-order valence-electron chi connectivity index (χ4n) is 1.96. The Morgan fingerprint density at radius 1 is 1.22 bits per heavy atom. The second kappa shape index (κ2) is 9.06. The second-order valence-corrected chi connectivity index (χ2v) is 4.70. The Labute approximate surface area is 110 Å². The maximum atomic E-state index is 13.4. The topological polar surface area (TPSA) is 21.3 Å². The summed E-state index contributed by atoms with van der Waals surface area (Å²) in [6, 6.07) is 7.30. The van der Waals surface area contributed by atoms with Crippen molar-refractivity contribution in [3.05, 3.63) is 35.6 Å². The molecule has 1 aromatic rings. The first kappa shape index (κ1) is 15.1. The van der Waals surface area contributed by atoms with E-state index in [2.05, 4.69) is 12.2 Å². The maximum Gasteiger partial charge on any atom is 0.126 e. The average Bonchev–Trinajstić information content (AvgIpc) is 2.36. The summed E-state index contributed by atoms with van der Waals surface area (Å²) >= 11 is 0. The molecule has 102 valence electrons. The predicted octanol–water partition coefficient (Wildman–Crippen LogP) is 3.16. The van der Waals surface area contributed by atoms with Gasteiger partial charge in [0.1, 0.15) is 5.82 Å². The zero-order valence-corrected chi connectivity index (χ0v) is 11.4. The third-order valence-corrected chi connectivity index (χ3v) is 3.00. The van der Waals surface area contributed by atoms with Crippen LogP contribution < -0.4 is 5.32 Å². The van der Waals surface area contributed by atoms with Gasteiger partial charge >= 0.3 is 0 Å². The first-order valence-electron chi connectivity index (χ1n) is 6.69. The number of hydrogen-bond acceptors (Lipinski definition) is 2.